The predicted molar refractivity (Wildman–Crippen MR) is 121 cm³/mol. The van der Waals surface area contributed by atoms with E-state index in [0.29, 0.717) is 48.8 Å². The van der Waals surface area contributed by atoms with Crippen molar-refractivity contribution in [2.75, 3.05) is 57.9 Å². The summed E-state index contributed by atoms with van der Waals surface area (Å²) in [6.07, 6.45) is 0.829. The lowest BCUT2D eigenvalue weighted by Crippen LogP contribution is -2.29. The molecule has 1 aliphatic heterocycles. The number of carbonyl (C=O) groups excluding carboxylic acids is 1. The number of nitrogens with zero attached hydrogens (tertiary/aromatic N) is 2. The maximum absolute atomic E-state index is 12.6. The van der Waals surface area contributed by atoms with E-state index >= 15 is 0 Å². The number of anilines is 1. The fourth-order valence-electron chi connectivity index (χ4n) is 3.17. The number of carbonyl (C=O) groups is 1. The molecule has 30 heavy (non-hydrogen) atoms. The second-order valence-corrected chi connectivity index (χ2v) is 8.63. The van der Waals surface area contributed by atoms with Gasteiger partial charge in [-0.2, -0.15) is 0 Å². The predicted octanol–water partition coefficient (Wildman–Crippen LogP) is 3.37. The molecule has 0 saturated carbocycles. The molecule has 10 heteroatoms. The van der Waals surface area contributed by atoms with Gasteiger partial charge in [-0.3, -0.25) is 4.79 Å². The zero-order valence-corrected chi connectivity index (χ0v) is 18.9. The average molecular weight is 473 g/mol. The Bertz CT molecular complexity index is 836. The molecule has 1 atom stereocenters. The summed E-state index contributed by atoms with van der Waals surface area (Å²) in [5.41, 5.74) is 6.23. The molecule has 164 valence electrons. The van der Waals surface area contributed by atoms with E-state index in [2.05, 4.69) is 15.2 Å². The smallest absolute Gasteiger partial charge is 0.230 e. The summed E-state index contributed by atoms with van der Waals surface area (Å²) < 4.78 is 10.8. The Labute approximate surface area is 190 Å². The van der Waals surface area contributed by atoms with Crippen LogP contribution in [0.15, 0.2) is 23.6 Å². The summed E-state index contributed by atoms with van der Waals surface area (Å²) in [7, 11) is 0. The highest BCUT2D eigenvalue weighted by atomic mass is 35.5. The Morgan fingerprint density at radius 2 is 2.03 bits per heavy atom. The highest BCUT2D eigenvalue weighted by molar-refractivity contribution is 7.13. The topological polar surface area (TPSA) is 89.7 Å². The highest BCUT2D eigenvalue weighted by Crippen LogP contribution is 2.31. The van der Waals surface area contributed by atoms with Gasteiger partial charge in [-0.05, 0) is 25.1 Å². The molecule has 1 saturated heterocycles. The molecule has 0 aliphatic carbocycles. The number of aromatic nitrogens is 1. The lowest BCUT2D eigenvalue weighted by atomic mass is 10.1. The molecule has 1 aliphatic rings. The van der Waals surface area contributed by atoms with Crippen molar-refractivity contribution < 1.29 is 14.3 Å². The van der Waals surface area contributed by atoms with Crippen LogP contribution in [0.1, 0.15) is 6.42 Å². The molecule has 1 aromatic carbocycles. The van der Waals surface area contributed by atoms with Crippen LogP contribution in [-0.2, 0) is 14.3 Å². The van der Waals surface area contributed by atoms with Crippen molar-refractivity contribution in [2.24, 2.45) is 11.7 Å². The number of ether oxygens (including phenoxy) is 2. The number of likely N-dealkylation sites (tertiary alicyclic amines) is 1. The van der Waals surface area contributed by atoms with Crippen LogP contribution in [0.2, 0.25) is 10.0 Å². The van der Waals surface area contributed by atoms with Crippen LogP contribution in [0.5, 0.6) is 0 Å². The lowest BCUT2D eigenvalue weighted by Gasteiger charge is -2.15. The molecule has 0 radical (unpaired) electrons. The first kappa shape index (κ1) is 23.4. The van der Waals surface area contributed by atoms with Crippen molar-refractivity contribution in [3.63, 3.8) is 0 Å². The first-order valence-corrected chi connectivity index (χ1v) is 11.5. The average Bonchev–Trinajstić information content (AvgIpc) is 3.39. The van der Waals surface area contributed by atoms with Crippen molar-refractivity contribution >= 4 is 46.3 Å². The van der Waals surface area contributed by atoms with Crippen LogP contribution in [0.4, 0.5) is 5.82 Å². The van der Waals surface area contributed by atoms with Crippen LogP contribution in [0.3, 0.4) is 0 Å². The number of benzene rings is 1. The first-order valence-electron chi connectivity index (χ1n) is 9.86. The summed E-state index contributed by atoms with van der Waals surface area (Å²) in [5, 5.41) is 6.53. The highest BCUT2D eigenvalue weighted by Gasteiger charge is 2.28. The SMILES string of the molecule is NCCOCCOCCN1CC[C@H](C(=O)Nc2csc(-c3ccc(Cl)c(Cl)c3)n2)C1. The van der Waals surface area contributed by atoms with Gasteiger partial charge in [0.05, 0.1) is 42.4 Å². The molecule has 3 N–H and O–H groups in total. The molecule has 0 spiro atoms. The molecule has 2 heterocycles. The molecule has 0 bridgehead atoms. The third-order valence-electron chi connectivity index (χ3n) is 4.75. The summed E-state index contributed by atoms with van der Waals surface area (Å²) in [6, 6.07) is 5.37. The molecule has 2 aromatic rings. The number of nitrogens with one attached hydrogen (secondary N) is 1. The standard InChI is InChI=1S/C20H26Cl2N4O3S/c21-16-2-1-14(11-17(16)22)20-25-18(13-30-20)24-19(27)15-3-5-26(12-15)6-8-29-10-9-28-7-4-23/h1-2,11,13,15H,3-10,12,23H2,(H,24,27)/t15-/m0/s1. The van der Waals surface area contributed by atoms with Gasteiger partial charge in [-0.25, -0.2) is 4.98 Å². The molecule has 7 nitrogen and oxygen atoms in total. The van der Waals surface area contributed by atoms with Gasteiger partial charge in [0.1, 0.15) is 10.8 Å². The van der Waals surface area contributed by atoms with Gasteiger partial charge in [-0.15, -0.1) is 11.3 Å². The van der Waals surface area contributed by atoms with E-state index in [1.807, 2.05) is 11.4 Å². The summed E-state index contributed by atoms with van der Waals surface area (Å²) in [4.78, 5) is 19.4. The van der Waals surface area contributed by atoms with E-state index in [0.717, 1.165) is 36.6 Å². The zero-order chi connectivity index (χ0) is 21.3. The first-order chi connectivity index (χ1) is 14.6. The van der Waals surface area contributed by atoms with Crippen LogP contribution in [-0.4, -0.2) is 68.4 Å². The summed E-state index contributed by atoms with van der Waals surface area (Å²) >= 11 is 13.5. The molecular formula is C20H26Cl2N4O3S. The normalized spacial score (nSPS) is 16.8. The van der Waals surface area contributed by atoms with Crippen LogP contribution in [0, 0.1) is 5.92 Å². The van der Waals surface area contributed by atoms with Gasteiger partial charge in [0.2, 0.25) is 5.91 Å². The molecule has 0 unspecified atom stereocenters. The minimum Gasteiger partial charge on any atom is -0.378 e. The molecule has 1 fully saturated rings. The molecular weight excluding hydrogens is 447 g/mol. The van der Waals surface area contributed by atoms with Crippen molar-refractivity contribution in [2.45, 2.75) is 6.42 Å². The van der Waals surface area contributed by atoms with E-state index in [9.17, 15) is 4.79 Å². The lowest BCUT2D eigenvalue weighted by molar-refractivity contribution is -0.119. The summed E-state index contributed by atoms with van der Waals surface area (Å²) in [5.74, 6) is 0.512. The fourth-order valence-corrected chi connectivity index (χ4v) is 4.22. The maximum atomic E-state index is 12.6. The van der Waals surface area contributed by atoms with Crippen LogP contribution >= 0.6 is 34.5 Å². The number of halogens is 2. The van der Waals surface area contributed by atoms with Crippen molar-refractivity contribution in [3.8, 4) is 10.6 Å². The largest absolute Gasteiger partial charge is 0.378 e. The van der Waals surface area contributed by atoms with Gasteiger partial charge in [0, 0.05) is 30.6 Å². The number of thiazole rings is 1. The van der Waals surface area contributed by atoms with Gasteiger partial charge < -0.3 is 25.4 Å². The molecule has 1 amide bonds. The Balaban J connectivity index is 1.40. The van der Waals surface area contributed by atoms with Crippen molar-refractivity contribution in [1.29, 1.82) is 0 Å². The summed E-state index contributed by atoms with van der Waals surface area (Å²) in [6.45, 7) is 5.23. The van der Waals surface area contributed by atoms with Crippen molar-refractivity contribution in [3.05, 3.63) is 33.6 Å². The number of hydrogen-bond donors (Lipinski definition) is 2. The Kier molecular flexibility index (Phi) is 9.32. The van der Waals surface area contributed by atoms with E-state index < -0.39 is 0 Å². The fraction of sp³-hybridized carbons (Fsp3) is 0.500. The monoisotopic (exact) mass is 472 g/mol. The minimum absolute atomic E-state index is 0.000378. The van der Waals surface area contributed by atoms with E-state index in [1.54, 1.807) is 12.1 Å². The third-order valence-corrected chi connectivity index (χ3v) is 6.38. The van der Waals surface area contributed by atoms with Gasteiger partial charge in [0.25, 0.3) is 0 Å². The van der Waals surface area contributed by atoms with Crippen molar-refractivity contribution in [1.82, 2.24) is 9.88 Å². The van der Waals surface area contributed by atoms with Crippen LogP contribution in [0.25, 0.3) is 10.6 Å². The van der Waals surface area contributed by atoms with Crippen LogP contribution < -0.4 is 11.1 Å². The van der Waals surface area contributed by atoms with E-state index in [1.165, 1.54) is 11.3 Å². The minimum atomic E-state index is -0.0481. The van der Waals surface area contributed by atoms with Gasteiger partial charge in [0.15, 0.2) is 0 Å². The zero-order valence-electron chi connectivity index (χ0n) is 16.6. The number of hydrogen-bond acceptors (Lipinski definition) is 7. The second-order valence-electron chi connectivity index (χ2n) is 6.96. The Hall–Kier alpha value is -1.26. The maximum Gasteiger partial charge on any atom is 0.230 e. The third kappa shape index (κ3) is 6.88. The molecule has 3 rings (SSSR count). The second kappa shape index (κ2) is 12.0. The van der Waals surface area contributed by atoms with Gasteiger partial charge in [-0.1, -0.05) is 29.3 Å². The number of amides is 1. The number of rotatable bonds is 11. The Morgan fingerprint density at radius 3 is 2.80 bits per heavy atom. The molecule has 1 aromatic heterocycles. The van der Waals surface area contributed by atoms with E-state index in [4.69, 9.17) is 38.4 Å². The number of nitrogens with two attached hydrogens (primary N) is 1. The van der Waals surface area contributed by atoms with E-state index in [-0.39, 0.29) is 11.8 Å². The Morgan fingerprint density at radius 1 is 1.23 bits per heavy atom. The quantitative estimate of drug-likeness (QED) is 0.487. The van der Waals surface area contributed by atoms with Gasteiger partial charge >= 0.3 is 0 Å².